The van der Waals surface area contributed by atoms with Crippen LogP contribution in [0.4, 0.5) is 4.79 Å². The molecule has 0 radical (unpaired) electrons. The maximum atomic E-state index is 11.6. The Balaban J connectivity index is 1.57. The minimum Gasteiger partial charge on any atom is -0.466 e. The highest BCUT2D eigenvalue weighted by Gasteiger charge is 2.35. The smallest absolute Gasteiger partial charge is 0.407 e. The zero-order chi connectivity index (χ0) is 15.1. The summed E-state index contributed by atoms with van der Waals surface area (Å²) >= 11 is 0. The standard InChI is InChI=1S/C16H21NO4/c1-2-20-15(18)14-8-13(9-14)10-17-16(19)21-11-12-6-4-3-5-7-12/h3-7,13-14H,2,8-11H2,1H3,(H,17,19)/t13-,14-. The molecule has 5 nitrogen and oxygen atoms in total. The van der Waals surface area contributed by atoms with Crippen LogP contribution in [0.2, 0.25) is 0 Å². The van der Waals surface area contributed by atoms with Crippen LogP contribution in [0.15, 0.2) is 30.3 Å². The summed E-state index contributed by atoms with van der Waals surface area (Å²) in [5.41, 5.74) is 0.957. The van der Waals surface area contributed by atoms with E-state index in [0.717, 1.165) is 18.4 Å². The number of carbonyl (C=O) groups is 2. The monoisotopic (exact) mass is 291 g/mol. The lowest BCUT2D eigenvalue weighted by atomic mass is 9.75. The van der Waals surface area contributed by atoms with Gasteiger partial charge in [-0.3, -0.25) is 4.79 Å². The molecule has 21 heavy (non-hydrogen) atoms. The third kappa shape index (κ3) is 4.77. The Morgan fingerprint density at radius 1 is 1.19 bits per heavy atom. The topological polar surface area (TPSA) is 64.6 Å². The molecular weight excluding hydrogens is 270 g/mol. The zero-order valence-corrected chi connectivity index (χ0v) is 12.2. The number of nitrogens with one attached hydrogen (secondary N) is 1. The highest BCUT2D eigenvalue weighted by atomic mass is 16.5. The van der Waals surface area contributed by atoms with Gasteiger partial charge in [0.1, 0.15) is 6.61 Å². The van der Waals surface area contributed by atoms with Crippen LogP contribution in [0.5, 0.6) is 0 Å². The first-order valence-electron chi connectivity index (χ1n) is 7.30. The minimum atomic E-state index is -0.418. The van der Waals surface area contributed by atoms with Gasteiger partial charge >= 0.3 is 12.1 Å². The highest BCUT2D eigenvalue weighted by molar-refractivity contribution is 5.73. The molecule has 0 spiro atoms. The lowest BCUT2D eigenvalue weighted by molar-refractivity contribution is -0.152. The molecule has 0 saturated heterocycles. The number of hydrogen-bond acceptors (Lipinski definition) is 4. The van der Waals surface area contributed by atoms with Crippen LogP contribution >= 0.6 is 0 Å². The van der Waals surface area contributed by atoms with Crippen molar-refractivity contribution in [1.82, 2.24) is 5.32 Å². The molecule has 0 bridgehead atoms. The predicted octanol–water partition coefficient (Wildman–Crippen LogP) is 2.50. The maximum absolute atomic E-state index is 11.6. The lowest BCUT2D eigenvalue weighted by Crippen LogP contribution is -2.39. The van der Waals surface area contributed by atoms with Gasteiger partial charge in [0.2, 0.25) is 0 Å². The molecule has 1 amide bonds. The van der Waals surface area contributed by atoms with Crippen LogP contribution in [0.3, 0.4) is 0 Å². The van der Waals surface area contributed by atoms with E-state index in [1.54, 1.807) is 6.92 Å². The Kier molecular flexibility index (Phi) is 5.60. The molecule has 1 aromatic rings. The summed E-state index contributed by atoms with van der Waals surface area (Å²) < 4.78 is 10.1. The summed E-state index contributed by atoms with van der Waals surface area (Å²) in [6.07, 6.45) is 1.13. The predicted molar refractivity (Wildman–Crippen MR) is 77.5 cm³/mol. The van der Waals surface area contributed by atoms with E-state index in [-0.39, 0.29) is 18.5 Å². The van der Waals surface area contributed by atoms with Crippen molar-refractivity contribution in [3.63, 3.8) is 0 Å². The van der Waals surface area contributed by atoms with Gasteiger partial charge < -0.3 is 14.8 Å². The Morgan fingerprint density at radius 2 is 1.90 bits per heavy atom. The van der Waals surface area contributed by atoms with Crippen molar-refractivity contribution < 1.29 is 19.1 Å². The van der Waals surface area contributed by atoms with Crippen LogP contribution in [0.1, 0.15) is 25.3 Å². The van der Waals surface area contributed by atoms with E-state index in [2.05, 4.69) is 5.32 Å². The van der Waals surface area contributed by atoms with Gasteiger partial charge in [-0.25, -0.2) is 4.79 Å². The second kappa shape index (κ2) is 7.67. The molecule has 0 unspecified atom stereocenters. The van der Waals surface area contributed by atoms with E-state index >= 15 is 0 Å². The van der Waals surface area contributed by atoms with Crippen molar-refractivity contribution >= 4 is 12.1 Å². The third-order valence-corrected chi connectivity index (χ3v) is 3.60. The number of benzene rings is 1. The van der Waals surface area contributed by atoms with E-state index in [1.165, 1.54) is 0 Å². The average molecular weight is 291 g/mol. The second-order valence-electron chi connectivity index (χ2n) is 5.23. The van der Waals surface area contributed by atoms with Crippen LogP contribution in [0.25, 0.3) is 0 Å². The van der Waals surface area contributed by atoms with Gasteiger partial charge in [-0.15, -0.1) is 0 Å². The number of hydrogen-bond donors (Lipinski definition) is 1. The van der Waals surface area contributed by atoms with Crippen molar-refractivity contribution in [2.45, 2.75) is 26.4 Å². The van der Waals surface area contributed by atoms with E-state index in [1.807, 2.05) is 30.3 Å². The van der Waals surface area contributed by atoms with Gasteiger partial charge in [0.25, 0.3) is 0 Å². The first-order chi connectivity index (χ1) is 10.2. The van der Waals surface area contributed by atoms with Gasteiger partial charge in [-0.2, -0.15) is 0 Å². The summed E-state index contributed by atoms with van der Waals surface area (Å²) in [5, 5.41) is 2.73. The van der Waals surface area contributed by atoms with Crippen molar-refractivity contribution in [3.05, 3.63) is 35.9 Å². The summed E-state index contributed by atoms with van der Waals surface area (Å²) in [7, 11) is 0. The quantitative estimate of drug-likeness (QED) is 0.818. The van der Waals surface area contributed by atoms with E-state index in [4.69, 9.17) is 9.47 Å². The molecule has 1 aliphatic rings. The molecule has 1 aromatic carbocycles. The summed E-state index contributed by atoms with van der Waals surface area (Å²) in [6.45, 7) is 3.04. The molecular formula is C16H21NO4. The van der Waals surface area contributed by atoms with Crippen molar-refractivity contribution in [2.75, 3.05) is 13.2 Å². The number of ether oxygens (including phenoxy) is 2. The maximum Gasteiger partial charge on any atom is 0.407 e. The molecule has 0 atom stereocenters. The van der Waals surface area contributed by atoms with Crippen molar-refractivity contribution in [1.29, 1.82) is 0 Å². The van der Waals surface area contributed by atoms with E-state index in [0.29, 0.717) is 19.1 Å². The first kappa shape index (κ1) is 15.4. The molecule has 1 fully saturated rings. The fraction of sp³-hybridized carbons (Fsp3) is 0.500. The van der Waals surface area contributed by atoms with Gasteiger partial charge in [-0.05, 0) is 31.2 Å². The lowest BCUT2D eigenvalue weighted by Gasteiger charge is -2.33. The van der Waals surface area contributed by atoms with Crippen molar-refractivity contribution in [2.24, 2.45) is 11.8 Å². The molecule has 2 rings (SSSR count). The van der Waals surface area contributed by atoms with Crippen LogP contribution < -0.4 is 5.32 Å². The fourth-order valence-corrected chi connectivity index (χ4v) is 2.36. The molecule has 1 aliphatic carbocycles. The van der Waals surface area contributed by atoms with Crippen LogP contribution in [-0.4, -0.2) is 25.2 Å². The summed E-state index contributed by atoms with van der Waals surface area (Å²) in [5.74, 6) is 0.209. The number of rotatable bonds is 6. The van der Waals surface area contributed by atoms with Gasteiger partial charge in [-0.1, -0.05) is 30.3 Å². The number of amides is 1. The number of alkyl carbamates (subject to hydrolysis) is 1. The molecule has 1 N–H and O–H groups in total. The molecule has 0 heterocycles. The van der Waals surface area contributed by atoms with E-state index in [9.17, 15) is 9.59 Å². The molecule has 114 valence electrons. The normalized spacial score (nSPS) is 20.2. The van der Waals surface area contributed by atoms with Crippen LogP contribution in [0, 0.1) is 11.8 Å². The fourth-order valence-electron chi connectivity index (χ4n) is 2.36. The number of carbonyl (C=O) groups excluding carboxylic acids is 2. The minimum absolute atomic E-state index is 0.00270. The molecule has 1 saturated carbocycles. The van der Waals surface area contributed by atoms with Gasteiger partial charge in [0, 0.05) is 6.54 Å². The Labute approximate surface area is 124 Å². The second-order valence-corrected chi connectivity index (χ2v) is 5.23. The van der Waals surface area contributed by atoms with Crippen LogP contribution in [-0.2, 0) is 20.9 Å². The first-order valence-corrected chi connectivity index (χ1v) is 7.30. The summed E-state index contributed by atoms with van der Waals surface area (Å²) in [6, 6.07) is 9.54. The summed E-state index contributed by atoms with van der Waals surface area (Å²) in [4.78, 5) is 23.0. The van der Waals surface area contributed by atoms with Gasteiger partial charge in [0.15, 0.2) is 0 Å². The average Bonchev–Trinajstić information content (AvgIpc) is 2.45. The molecule has 0 aliphatic heterocycles. The highest BCUT2D eigenvalue weighted by Crippen LogP contribution is 2.34. The van der Waals surface area contributed by atoms with E-state index < -0.39 is 6.09 Å². The Hall–Kier alpha value is -2.04. The Morgan fingerprint density at radius 3 is 2.57 bits per heavy atom. The zero-order valence-electron chi connectivity index (χ0n) is 12.2. The number of esters is 1. The molecule has 5 heteroatoms. The third-order valence-electron chi connectivity index (χ3n) is 3.60. The molecule has 0 aromatic heterocycles. The Bertz CT molecular complexity index is 468. The SMILES string of the molecule is CCOC(=O)[C@H]1C[C@H](CNC(=O)OCc2ccccc2)C1. The van der Waals surface area contributed by atoms with Crippen molar-refractivity contribution in [3.8, 4) is 0 Å². The van der Waals surface area contributed by atoms with Gasteiger partial charge in [0.05, 0.1) is 12.5 Å². The largest absolute Gasteiger partial charge is 0.466 e.